The Hall–Kier alpha value is -2.14. The van der Waals surface area contributed by atoms with Crippen LogP contribution < -0.4 is 5.73 Å². The number of amides is 1. The number of carbonyl (C=O) groups is 1. The van der Waals surface area contributed by atoms with E-state index in [4.69, 9.17) is 15.1 Å². The van der Waals surface area contributed by atoms with Crippen LogP contribution in [0.4, 0.5) is 0 Å². The van der Waals surface area contributed by atoms with Gasteiger partial charge in [0.2, 0.25) is 11.8 Å². The highest BCUT2D eigenvalue weighted by atomic mass is 16.4. The van der Waals surface area contributed by atoms with Crippen LogP contribution in [-0.2, 0) is 4.79 Å². The molecule has 2 N–H and O–H groups in total. The molecular weight excluding hydrogens is 350 g/mol. The molecule has 0 spiro atoms. The highest BCUT2D eigenvalue weighted by Gasteiger charge is 2.41. The first-order chi connectivity index (χ1) is 13.6. The van der Waals surface area contributed by atoms with Crippen LogP contribution in [0.2, 0.25) is 0 Å². The average Bonchev–Trinajstić information content (AvgIpc) is 3.46. The minimum absolute atomic E-state index is 0.0542. The summed E-state index contributed by atoms with van der Waals surface area (Å²) < 4.78 is 6.28. The van der Waals surface area contributed by atoms with E-state index in [2.05, 4.69) is 26.0 Å². The van der Waals surface area contributed by atoms with Gasteiger partial charge in [0.25, 0.3) is 0 Å². The molecule has 1 amide bonds. The van der Waals surface area contributed by atoms with E-state index in [1.54, 1.807) is 0 Å². The van der Waals surface area contributed by atoms with E-state index in [0.29, 0.717) is 18.4 Å². The smallest absolute Gasteiger partial charge is 0.226 e. The average molecular weight is 382 g/mol. The third kappa shape index (κ3) is 3.48. The number of carbonyl (C=O) groups excluding carboxylic acids is 1. The van der Waals surface area contributed by atoms with Gasteiger partial charge in [-0.3, -0.25) is 4.79 Å². The molecule has 3 atom stereocenters. The van der Waals surface area contributed by atoms with Gasteiger partial charge in [0.1, 0.15) is 17.5 Å². The zero-order valence-corrected chi connectivity index (χ0v) is 16.9. The van der Waals surface area contributed by atoms with Gasteiger partial charge in [-0.05, 0) is 38.1 Å². The molecule has 5 nitrogen and oxygen atoms in total. The van der Waals surface area contributed by atoms with E-state index in [1.807, 2.05) is 23.1 Å². The number of aromatic nitrogens is 1. The van der Waals surface area contributed by atoms with Gasteiger partial charge < -0.3 is 15.1 Å². The molecule has 2 fully saturated rings. The minimum atomic E-state index is -0.0542. The summed E-state index contributed by atoms with van der Waals surface area (Å²) in [7, 11) is 0. The van der Waals surface area contributed by atoms with Crippen molar-refractivity contribution in [3.05, 3.63) is 42.0 Å². The molecule has 1 unspecified atom stereocenters. The van der Waals surface area contributed by atoms with Crippen molar-refractivity contribution in [3.8, 4) is 11.3 Å². The monoisotopic (exact) mass is 381 g/mol. The molecule has 1 aromatic carbocycles. The molecule has 1 aliphatic carbocycles. The van der Waals surface area contributed by atoms with Crippen LogP contribution in [0, 0.1) is 11.8 Å². The Bertz CT molecular complexity index is 815. The first-order valence-corrected chi connectivity index (χ1v) is 10.7. The molecule has 1 aliphatic heterocycles. The third-order valence-electron chi connectivity index (χ3n) is 6.34. The lowest BCUT2D eigenvalue weighted by Crippen LogP contribution is -2.38. The van der Waals surface area contributed by atoms with Crippen molar-refractivity contribution in [3.63, 3.8) is 0 Å². The van der Waals surface area contributed by atoms with Crippen molar-refractivity contribution < 1.29 is 9.21 Å². The number of oxazole rings is 1. The van der Waals surface area contributed by atoms with Crippen LogP contribution in [0.5, 0.6) is 0 Å². The van der Waals surface area contributed by atoms with Crippen molar-refractivity contribution in [2.75, 3.05) is 13.1 Å². The highest BCUT2D eigenvalue weighted by Crippen LogP contribution is 2.40. The molecular formula is C23H31N3O2. The summed E-state index contributed by atoms with van der Waals surface area (Å²) in [5.74, 6) is 2.47. The fourth-order valence-electron chi connectivity index (χ4n) is 4.83. The molecule has 28 heavy (non-hydrogen) atoms. The molecule has 0 radical (unpaired) electrons. The number of hydrogen-bond donors (Lipinski definition) is 1. The lowest BCUT2D eigenvalue weighted by atomic mass is 9.94. The molecule has 2 aromatic rings. The fraction of sp³-hybridized carbons (Fsp3) is 0.565. The Morgan fingerprint density at radius 1 is 1.21 bits per heavy atom. The molecule has 1 saturated heterocycles. The van der Waals surface area contributed by atoms with Crippen LogP contribution in [-0.4, -0.2) is 28.9 Å². The van der Waals surface area contributed by atoms with Crippen LogP contribution in [0.15, 0.2) is 34.7 Å². The zero-order chi connectivity index (χ0) is 19.7. The molecule has 150 valence electrons. The maximum Gasteiger partial charge on any atom is 0.226 e. The summed E-state index contributed by atoms with van der Waals surface area (Å²) >= 11 is 0. The second-order valence-corrected chi connectivity index (χ2v) is 8.51. The van der Waals surface area contributed by atoms with Gasteiger partial charge in [0, 0.05) is 23.9 Å². The van der Waals surface area contributed by atoms with Gasteiger partial charge in [-0.2, -0.15) is 0 Å². The van der Waals surface area contributed by atoms with Gasteiger partial charge >= 0.3 is 0 Å². The highest BCUT2D eigenvalue weighted by molar-refractivity contribution is 5.80. The second-order valence-electron chi connectivity index (χ2n) is 8.51. The quantitative estimate of drug-likeness (QED) is 0.827. The molecule has 0 bridgehead atoms. The van der Waals surface area contributed by atoms with Crippen molar-refractivity contribution in [1.82, 2.24) is 9.88 Å². The number of nitrogens with two attached hydrogens (primary N) is 1. The maximum absolute atomic E-state index is 13.3. The first kappa shape index (κ1) is 19.2. The van der Waals surface area contributed by atoms with Gasteiger partial charge in [0.05, 0.1) is 0 Å². The predicted octanol–water partition coefficient (Wildman–Crippen LogP) is 4.50. The van der Waals surface area contributed by atoms with Crippen molar-refractivity contribution >= 4 is 5.91 Å². The number of benzene rings is 1. The van der Waals surface area contributed by atoms with Gasteiger partial charge in [-0.1, -0.05) is 50.6 Å². The third-order valence-corrected chi connectivity index (χ3v) is 6.34. The van der Waals surface area contributed by atoms with Crippen LogP contribution in [0.3, 0.4) is 0 Å². The molecule has 5 heteroatoms. The lowest BCUT2D eigenvalue weighted by Gasteiger charge is -2.28. The van der Waals surface area contributed by atoms with E-state index >= 15 is 0 Å². The summed E-state index contributed by atoms with van der Waals surface area (Å²) in [6, 6.07) is 10.1. The lowest BCUT2D eigenvalue weighted by molar-refractivity contribution is -0.138. The Morgan fingerprint density at radius 2 is 2.00 bits per heavy atom. The summed E-state index contributed by atoms with van der Waals surface area (Å²) in [4.78, 5) is 20.2. The summed E-state index contributed by atoms with van der Waals surface area (Å²) in [6.45, 7) is 5.64. The summed E-state index contributed by atoms with van der Waals surface area (Å²) in [5, 5.41) is 0. The van der Waals surface area contributed by atoms with E-state index in [0.717, 1.165) is 55.7 Å². The van der Waals surface area contributed by atoms with E-state index < -0.39 is 0 Å². The minimum Gasteiger partial charge on any atom is -0.442 e. The van der Waals surface area contributed by atoms with Crippen molar-refractivity contribution in [2.24, 2.45) is 17.6 Å². The number of hydrogen-bond acceptors (Lipinski definition) is 4. The van der Waals surface area contributed by atoms with Gasteiger partial charge in [-0.15, -0.1) is 0 Å². The molecule has 1 saturated carbocycles. The Balaban J connectivity index is 1.64. The second kappa shape index (κ2) is 8.08. The molecule has 4 rings (SSSR count). The first-order valence-electron chi connectivity index (χ1n) is 10.7. The Labute approximate surface area is 167 Å². The normalized spacial score (nSPS) is 25.0. The standard InChI is InChI=1S/C23H31N3O2/c1-15(2)21-20(16-8-4-3-5-9-16)25-22(28-21)19-12-7-13-26(19)23(27)18-11-6-10-17(18)14-24/h3-5,8-9,15,17-19H,6-7,10-14,24H2,1-2H3/t17-,18-,19?/m1/s1. The number of rotatable bonds is 5. The van der Waals surface area contributed by atoms with E-state index in [9.17, 15) is 4.79 Å². The fourth-order valence-corrected chi connectivity index (χ4v) is 4.83. The van der Waals surface area contributed by atoms with Gasteiger partial charge in [-0.25, -0.2) is 4.98 Å². The molecule has 1 aromatic heterocycles. The zero-order valence-electron chi connectivity index (χ0n) is 16.9. The maximum atomic E-state index is 13.3. The van der Waals surface area contributed by atoms with E-state index in [1.165, 1.54) is 0 Å². The van der Waals surface area contributed by atoms with E-state index in [-0.39, 0.29) is 23.8 Å². The number of nitrogens with zero attached hydrogens (tertiary/aromatic N) is 2. The summed E-state index contributed by atoms with van der Waals surface area (Å²) in [6.07, 6.45) is 5.04. The molecule has 2 heterocycles. The van der Waals surface area contributed by atoms with Gasteiger partial charge in [0.15, 0.2) is 0 Å². The van der Waals surface area contributed by atoms with Crippen LogP contribution in [0.25, 0.3) is 11.3 Å². The van der Waals surface area contributed by atoms with Crippen molar-refractivity contribution in [2.45, 2.75) is 57.9 Å². The topological polar surface area (TPSA) is 72.4 Å². The van der Waals surface area contributed by atoms with Crippen molar-refractivity contribution in [1.29, 1.82) is 0 Å². The Morgan fingerprint density at radius 3 is 2.71 bits per heavy atom. The summed E-state index contributed by atoms with van der Waals surface area (Å²) in [5.41, 5.74) is 7.90. The SMILES string of the molecule is CC(C)c1oc(C2CCCN2C(=O)[C@@H]2CCC[C@@H]2CN)nc1-c1ccccc1. The molecule has 2 aliphatic rings. The number of likely N-dealkylation sites (tertiary alicyclic amines) is 1. The van der Waals surface area contributed by atoms with Crippen LogP contribution >= 0.6 is 0 Å². The predicted molar refractivity (Wildman–Crippen MR) is 110 cm³/mol. The Kier molecular flexibility index (Phi) is 5.54. The van der Waals surface area contributed by atoms with Crippen LogP contribution in [0.1, 0.15) is 69.6 Å². The largest absolute Gasteiger partial charge is 0.442 e.